The average Bonchev–Trinajstić information content (AvgIpc) is 2.92. The van der Waals surface area contributed by atoms with Crippen LogP contribution in [-0.4, -0.2) is 22.6 Å². The van der Waals surface area contributed by atoms with Gasteiger partial charge in [0.2, 0.25) is 10.0 Å². The van der Waals surface area contributed by atoms with Crippen LogP contribution in [0.1, 0.15) is 5.56 Å². The van der Waals surface area contributed by atoms with Crippen LogP contribution in [0.5, 0.6) is 11.5 Å². The molecule has 0 radical (unpaired) electrons. The highest BCUT2D eigenvalue weighted by Crippen LogP contribution is 2.29. The zero-order valence-electron chi connectivity index (χ0n) is 11.4. The molecule has 0 spiro atoms. The summed E-state index contributed by atoms with van der Waals surface area (Å²) < 4.78 is 37.9. The molecule has 0 aliphatic rings. The van der Waals surface area contributed by atoms with E-state index in [4.69, 9.17) is 21.1 Å². The second kappa shape index (κ2) is 6.65. The lowest BCUT2D eigenvalue weighted by Gasteiger charge is -2.13. The van der Waals surface area contributed by atoms with Crippen LogP contribution >= 0.6 is 22.9 Å². The fourth-order valence-corrected chi connectivity index (χ4v) is 4.31. The lowest BCUT2D eigenvalue weighted by molar-refractivity contribution is 0.384. The Bertz CT molecular complexity index is 705. The van der Waals surface area contributed by atoms with Gasteiger partial charge in [0.15, 0.2) is 0 Å². The molecule has 0 aliphatic heterocycles. The van der Waals surface area contributed by atoms with Gasteiger partial charge in [-0.1, -0.05) is 17.7 Å². The van der Waals surface area contributed by atoms with Crippen LogP contribution in [0.2, 0.25) is 4.34 Å². The van der Waals surface area contributed by atoms with Gasteiger partial charge in [0.1, 0.15) is 15.7 Å². The third-order valence-electron chi connectivity index (χ3n) is 2.78. The smallest absolute Gasteiger partial charge is 0.250 e. The van der Waals surface area contributed by atoms with Gasteiger partial charge in [-0.2, -0.15) is 0 Å². The molecule has 1 aromatic heterocycles. The molecule has 0 unspecified atom stereocenters. The summed E-state index contributed by atoms with van der Waals surface area (Å²) in [4.78, 5) is 0. The predicted molar refractivity (Wildman–Crippen MR) is 82.9 cm³/mol. The molecule has 1 N–H and O–H groups in total. The fraction of sp³-hybridized carbons (Fsp3) is 0.231. The number of benzene rings is 1. The summed E-state index contributed by atoms with van der Waals surface area (Å²) in [6, 6.07) is 8.27. The largest absolute Gasteiger partial charge is 0.496 e. The molecule has 0 saturated carbocycles. The molecule has 0 bridgehead atoms. The molecule has 1 aromatic carbocycles. The van der Waals surface area contributed by atoms with Gasteiger partial charge >= 0.3 is 0 Å². The minimum absolute atomic E-state index is 0.0606. The fourth-order valence-electron chi connectivity index (χ4n) is 1.78. The maximum Gasteiger partial charge on any atom is 0.250 e. The van der Waals surface area contributed by atoms with E-state index in [1.54, 1.807) is 24.3 Å². The molecule has 1 heterocycles. The highest BCUT2D eigenvalue weighted by Gasteiger charge is 2.18. The van der Waals surface area contributed by atoms with Crippen LogP contribution in [0.15, 0.2) is 34.5 Å². The van der Waals surface area contributed by atoms with Crippen molar-refractivity contribution in [1.82, 2.24) is 4.72 Å². The number of ether oxygens (including phenoxy) is 2. The van der Waals surface area contributed by atoms with E-state index in [1.165, 1.54) is 20.3 Å². The number of halogens is 1. The Kier molecular flexibility index (Phi) is 5.10. The molecular weight excluding hydrogens is 334 g/mol. The minimum Gasteiger partial charge on any atom is -0.496 e. The van der Waals surface area contributed by atoms with E-state index >= 15 is 0 Å². The van der Waals surface area contributed by atoms with Crippen molar-refractivity contribution in [3.63, 3.8) is 0 Å². The summed E-state index contributed by atoms with van der Waals surface area (Å²) in [7, 11) is -0.575. The molecule has 21 heavy (non-hydrogen) atoms. The Balaban J connectivity index is 2.24. The van der Waals surface area contributed by atoms with Crippen molar-refractivity contribution < 1.29 is 17.9 Å². The highest BCUT2D eigenvalue weighted by molar-refractivity contribution is 7.91. The lowest BCUT2D eigenvalue weighted by atomic mass is 10.2. The van der Waals surface area contributed by atoms with Gasteiger partial charge in [-0.3, -0.25) is 0 Å². The number of hydrogen-bond donors (Lipinski definition) is 1. The maximum absolute atomic E-state index is 12.2. The molecule has 0 aliphatic carbocycles. The van der Waals surface area contributed by atoms with Crippen molar-refractivity contribution in [3.8, 4) is 11.5 Å². The van der Waals surface area contributed by atoms with Crippen LogP contribution in [0.4, 0.5) is 0 Å². The van der Waals surface area contributed by atoms with Gasteiger partial charge in [-0.05, 0) is 24.3 Å². The van der Waals surface area contributed by atoms with Gasteiger partial charge in [0.25, 0.3) is 0 Å². The summed E-state index contributed by atoms with van der Waals surface area (Å²) in [5, 5.41) is 0. The molecule has 0 fully saturated rings. The Morgan fingerprint density at radius 3 is 2.24 bits per heavy atom. The summed E-state index contributed by atoms with van der Waals surface area (Å²) in [5.74, 6) is 1.11. The number of methoxy groups -OCH3 is 2. The van der Waals surface area contributed by atoms with Gasteiger partial charge in [-0.15, -0.1) is 11.3 Å². The predicted octanol–water partition coefficient (Wildman–Crippen LogP) is 2.90. The first-order valence-electron chi connectivity index (χ1n) is 5.93. The number of hydrogen-bond acceptors (Lipinski definition) is 5. The Morgan fingerprint density at radius 1 is 1.14 bits per heavy atom. The molecular formula is C13H14ClNO4S2. The zero-order chi connectivity index (χ0) is 15.5. The van der Waals surface area contributed by atoms with Crippen LogP contribution in [0, 0.1) is 0 Å². The standard InChI is InChI=1S/C13H14ClNO4S2/c1-18-10-4-3-5-11(19-2)9(10)8-15-21(16,17)13-7-6-12(14)20-13/h3-7,15H,8H2,1-2H3. The van der Waals surface area contributed by atoms with Crippen LogP contribution < -0.4 is 14.2 Å². The van der Waals surface area contributed by atoms with Gasteiger partial charge in [-0.25, -0.2) is 13.1 Å². The van der Waals surface area contributed by atoms with E-state index < -0.39 is 10.0 Å². The van der Waals surface area contributed by atoms with Crippen molar-refractivity contribution in [1.29, 1.82) is 0 Å². The van der Waals surface area contributed by atoms with E-state index in [2.05, 4.69) is 4.72 Å². The topological polar surface area (TPSA) is 64.6 Å². The molecule has 8 heteroatoms. The molecule has 0 saturated heterocycles. The SMILES string of the molecule is COc1cccc(OC)c1CNS(=O)(=O)c1ccc(Cl)s1. The van der Waals surface area contributed by atoms with Crippen molar-refractivity contribution in [2.75, 3.05) is 14.2 Å². The number of rotatable bonds is 6. The van der Waals surface area contributed by atoms with E-state index in [-0.39, 0.29) is 10.8 Å². The highest BCUT2D eigenvalue weighted by atomic mass is 35.5. The first kappa shape index (κ1) is 16.1. The molecule has 5 nitrogen and oxygen atoms in total. The monoisotopic (exact) mass is 347 g/mol. The molecule has 0 atom stereocenters. The van der Waals surface area contributed by atoms with E-state index in [1.807, 2.05) is 0 Å². The lowest BCUT2D eigenvalue weighted by Crippen LogP contribution is -2.23. The second-order valence-electron chi connectivity index (χ2n) is 4.02. The van der Waals surface area contributed by atoms with E-state index in [0.29, 0.717) is 21.4 Å². The minimum atomic E-state index is -3.61. The van der Waals surface area contributed by atoms with Crippen molar-refractivity contribution >= 4 is 33.0 Å². The van der Waals surface area contributed by atoms with Gasteiger partial charge in [0.05, 0.1) is 24.1 Å². The van der Waals surface area contributed by atoms with Gasteiger partial charge < -0.3 is 9.47 Å². The zero-order valence-corrected chi connectivity index (χ0v) is 13.8. The summed E-state index contributed by atoms with van der Waals surface area (Å²) in [6.45, 7) is 0.0606. The quantitative estimate of drug-likeness (QED) is 0.872. The van der Waals surface area contributed by atoms with Crippen LogP contribution in [0.25, 0.3) is 0 Å². The first-order valence-corrected chi connectivity index (χ1v) is 8.60. The second-order valence-corrected chi connectivity index (χ2v) is 7.73. The Hall–Kier alpha value is -1.28. The molecule has 0 amide bonds. The van der Waals surface area contributed by atoms with Crippen molar-refractivity contribution in [2.45, 2.75) is 10.8 Å². The molecule has 2 rings (SSSR count). The van der Waals surface area contributed by atoms with Crippen LogP contribution in [-0.2, 0) is 16.6 Å². The molecule has 114 valence electrons. The third kappa shape index (κ3) is 3.68. The van der Waals surface area contributed by atoms with E-state index in [0.717, 1.165) is 11.3 Å². The van der Waals surface area contributed by atoms with Crippen molar-refractivity contribution in [2.24, 2.45) is 0 Å². The normalized spacial score (nSPS) is 11.4. The molecule has 2 aromatic rings. The number of nitrogens with one attached hydrogen (secondary N) is 1. The van der Waals surface area contributed by atoms with E-state index in [9.17, 15) is 8.42 Å². The number of sulfonamides is 1. The Labute approximate surface area is 132 Å². The summed E-state index contributed by atoms with van der Waals surface area (Å²) in [6.07, 6.45) is 0. The van der Waals surface area contributed by atoms with Gasteiger partial charge in [0, 0.05) is 6.54 Å². The first-order chi connectivity index (χ1) is 9.97. The summed E-state index contributed by atoms with van der Waals surface area (Å²) >= 11 is 6.77. The number of thiophene rings is 1. The summed E-state index contributed by atoms with van der Waals surface area (Å²) in [5.41, 5.74) is 0.633. The third-order valence-corrected chi connectivity index (χ3v) is 5.91. The maximum atomic E-state index is 12.2. The van der Waals surface area contributed by atoms with Crippen molar-refractivity contribution in [3.05, 3.63) is 40.2 Å². The Morgan fingerprint density at radius 2 is 1.76 bits per heavy atom. The van der Waals surface area contributed by atoms with Crippen LogP contribution in [0.3, 0.4) is 0 Å². The average molecular weight is 348 g/mol.